The van der Waals surface area contributed by atoms with Crippen LogP contribution in [0.15, 0.2) is 5.38 Å². The van der Waals surface area contributed by atoms with Crippen LogP contribution in [0.3, 0.4) is 0 Å². The molecular weight excluding hydrogens is 298 g/mol. The lowest BCUT2D eigenvalue weighted by Crippen LogP contribution is -2.36. The van der Waals surface area contributed by atoms with E-state index in [9.17, 15) is 4.79 Å². The number of likely N-dealkylation sites (N-methyl/N-ethyl adjacent to an activating group) is 1. The topological polar surface area (TPSA) is 56.7 Å². The van der Waals surface area contributed by atoms with Gasteiger partial charge in [0.15, 0.2) is 0 Å². The zero-order valence-electron chi connectivity index (χ0n) is 13.6. The monoisotopic (exact) mass is 325 g/mol. The van der Waals surface area contributed by atoms with Gasteiger partial charge in [0.05, 0.1) is 17.2 Å². The largest absolute Gasteiger partial charge is 0.480 e. The highest BCUT2D eigenvalue weighted by atomic mass is 32.1. The lowest BCUT2D eigenvalue weighted by atomic mass is 10.1. The van der Waals surface area contributed by atoms with Crippen LogP contribution in [0.1, 0.15) is 43.3 Å². The molecule has 0 saturated carbocycles. The third-order valence-electron chi connectivity index (χ3n) is 4.25. The van der Waals surface area contributed by atoms with Crippen molar-refractivity contribution in [1.29, 1.82) is 0 Å². The molecule has 1 aromatic rings. The molecule has 1 unspecified atom stereocenters. The summed E-state index contributed by atoms with van der Waals surface area (Å²) in [5.41, 5.74) is 1.19. The highest BCUT2D eigenvalue weighted by Crippen LogP contribution is 2.19. The van der Waals surface area contributed by atoms with Crippen molar-refractivity contribution in [3.05, 3.63) is 16.1 Å². The number of carboxylic acids is 1. The average molecular weight is 325 g/mol. The average Bonchev–Trinajstić information content (AvgIpc) is 2.75. The van der Waals surface area contributed by atoms with Crippen LogP contribution in [0.4, 0.5) is 0 Å². The van der Waals surface area contributed by atoms with E-state index in [1.807, 2.05) is 11.9 Å². The highest BCUT2D eigenvalue weighted by molar-refractivity contribution is 7.09. The van der Waals surface area contributed by atoms with Crippen LogP contribution in [-0.4, -0.2) is 58.6 Å². The smallest absolute Gasteiger partial charge is 0.317 e. The van der Waals surface area contributed by atoms with E-state index in [4.69, 9.17) is 10.1 Å². The molecular formula is C16H27N3O2S. The van der Waals surface area contributed by atoms with Gasteiger partial charge in [-0.15, -0.1) is 11.3 Å². The van der Waals surface area contributed by atoms with Crippen molar-refractivity contribution < 1.29 is 9.90 Å². The molecule has 1 N–H and O–H groups in total. The number of aliphatic carboxylic acids is 1. The summed E-state index contributed by atoms with van der Waals surface area (Å²) in [4.78, 5) is 20.0. The van der Waals surface area contributed by atoms with Gasteiger partial charge in [-0.1, -0.05) is 6.92 Å². The summed E-state index contributed by atoms with van der Waals surface area (Å²) in [5, 5.41) is 12.3. The fourth-order valence-electron chi connectivity index (χ4n) is 3.06. The Bertz CT molecular complexity index is 478. The van der Waals surface area contributed by atoms with E-state index in [2.05, 4.69) is 17.2 Å². The summed E-state index contributed by atoms with van der Waals surface area (Å²) < 4.78 is 0. The number of carbonyl (C=O) groups is 1. The maximum Gasteiger partial charge on any atom is 0.317 e. The minimum Gasteiger partial charge on any atom is -0.480 e. The van der Waals surface area contributed by atoms with Crippen LogP contribution in [0.5, 0.6) is 0 Å². The number of carboxylic acid groups (broad SMARTS) is 1. The number of aromatic nitrogens is 1. The second kappa shape index (κ2) is 8.60. The Morgan fingerprint density at radius 1 is 1.50 bits per heavy atom. The molecule has 0 amide bonds. The molecule has 2 rings (SSSR count). The van der Waals surface area contributed by atoms with Gasteiger partial charge >= 0.3 is 5.97 Å². The van der Waals surface area contributed by atoms with Crippen LogP contribution >= 0.6 is 11.3 Å². The van der Waals surface area contributed by atoms with Gasteiger partial charge in [-0.2, -0.15) is 0 Å². The first-order valence-corrected chi connectivity index (χ1v) is 9.04. The van der Waals surface area contributed by atoms with Crippen LogP contribution in [-0.2, 0) is 17.8 Å². The Hall–Kier alpha value is -0.980. The molecule has 1 saturated heterocycles. The molecule has 0 bridgehead atoms. The SMILES string of the molecule is CCCc1nc(CN2CCCC(N(C)CC(=O)O)CC2)cs1. The van der Waals surface area contributed by atoms with Gasteiger partial charge in [0.2, 0.25) is 0 Å². The Morgan fingerprint density at radius 3 is 3.05 bits per heavy atom. The summed E-state index contributed by atoms with van der Waals surface area (Å²) in [5.74, 6) is -0.741. The zero-order chi connectivity index (χ0) is 15.9. The maximum atomic E-state index is 10.8. The number of aryl methyl sites for hydroxylation is 1. The van der Waals surface area contributed by atoms with Crippen LogP contribution < -0.4 is 0 Å². The summed E-state index contributed by atoms with van der Waals surface area (Å²) in [7, 11) is 1.92. The van der Waals surface area contributed by atoms with E-state index in [-0.39, 0.29) is 6.54 Å². The summed E-state index contributed by atoms with van der Waals surface area (Å²) >= 11 is 1.77. The molecule has 22 heavy (non-hydrogen) atoms. The quantitative estimate of drug-likeness (QED) is 0.834. The third kappa shape index (κ3) is 5.34. The van der Waals surface area contributed by atoms with Crippen LogP contribution in [0.25, 0.3) is 0 Å². The van der Waals surface area contributed by atoms with Crippen molar-refractivity contribution in [3.63, 3.8) is 0 Å². The Morgan fingerprint density at radius 2 is 2.32 bits per heavy atom. The van der Waals surface area contributed by atoms with Crippen molar-refractivity contribution >= 4 is 17.3 Å². The second-order valence-corrected chi connectivity index (χ2v) is 7.09. The van der Waals surface area contributed by atoms with Crippen molar-refractivity contribution in [3.8, 4) is 0 Å². The van der Waals surface area contributed by atoms with Gasteiger partial charge in [-0.25, -0.2) is 4.98 Å². The number of hydrogen-bond donors (Lipinski definition) is 1. The van der Waals surface area contributed by atoms with Gasteiger partial charge < -0.3 is 5.11 Å². The van der Waals surface area contributed by atoms with Gasteiger partial charge in [0.25, 0.3) is 0 Å². The molecule has 6 heteroatoms. The standard InChI is InChI=1S/C16H27N3O2S/c1-3-5-15-17-13(12-22-15)10-19-8-4-6-14(7-9-19)18(2)11-16(20)21/h12,14H,3-11H2,1-2H3,(H,20,21). The molecule has 5 nitrogen and oxygen atoms in total. The predicted molar refractivity (Wildman–Crippen MR) is 89.3 cm³/mol. The van der Waals surface area contributed by atoms with E-state index < -0.39 is 5.97 Å². The van der Waals surface area contributed by atoms with Crippen molar-refractivity contribution in [2.45, 2.75) is 51.6 Å². The molecule has 2 heterocycles. The predicted octanol–water partition coefficient (Wildman–Crippen LogP) is 2.47. The third-order valence-corrected chi connectivity index (χ3v) is 5.20. The maximum absolute atomic E-state index is 10.8. The number of thiazole rings is 1. The first-order chi connectivity index (χ1) is 10.6. The number of likely N-dealkylation sites (tertiary alicyclic amines) is 1. The van der Waals surface area contributed by atoms with Crippen molar-refractivity contribution in [1.82, 2.24) is 14.8 Å². The molecule has 0 aromatic carbocycles. The molecule has 0 aliphatic carbocycles. The van der Waals surface area contributed by atoms with Crippen molar-refractivity contribution in [2.24, 2.45) is 0 Å². The molecule has 0 spiro atoms. The van der Waals surface area contributed by atoms with Gasteiger partial charge in [-0.05, 0) is 45.7 Å². The molecule has 1 atom stereocenters. The summed E-state index contributed by atoms with van der Waals surface area (Å²) in [6.45, 7) is 5.35. The van der Waals surface area contributed by atoms with Gasteiger partial charge in [-0.3, -0.25) is 14.6 Å². The molecule has 1 fully saturated rings. The van der Waals surface area contributed by atoms with E-state index in [0.717, 1.165) is 51.7 Å². The Balaban J connectivity index is 1.83. The Kier molecular flexibility index (Phi) is 6.79. The van der Waals surface area contributed by atoms with E-state index in [1.54, 1.807) is 11.3 Å². The Labute approximate surface area is 137 Å². The minimum absolute atomic E-state index is 0.136. The van der Waals surface area contributed by atoms with Gasteiger partial charge in [0, 0.05) is 24.5 Å². The number of hydrogen-bond acceptors (Lipinski definition) is 5. The number of rotatable bonds is 7. The second-order valence-electron chi connectivity index (χ2n) is 6.15. The summed E-state index contributed by atoms with van der Waals surface area (Å²) in [6.07, 6.45) is 5.47. The fraction of sp³-hybridized carbons (Fsp3) is 0.750. The van der Waals surface area contributed by atoms with E-state index >= 15 is 0 Å². The molecule has 1 aliphatic rings. The molecule has 124 valence electrons. The number of nitrogens with zero attached hydrogens (tertiary/aromatic N) is 3. The van der Waals surface area contributed by atoms with Crippen molar-refractivity contribution in [2.75, 3.05) is 26.7 Å². The highest BCUT2D eigenvalue weighted by Gasteiger charge is 2.22. The first-order valence-electron chi connectivity index (χ1n) is 8.16. The molecule has 1 aliphatic heterocycles. The zero-order valence-corrected chi connectivity index (χ0v) is 14.4. The van der Waals surface area contributed by atoms with E-state index in [1.165, 1.54) is 10.7 Å². The van der Waals surface area contributed by atoms with E-state index in [0.29, 0.717) is 6.04 Å². The molecule has 1 aromatic heterocycles. The van der Waals surface area contributed by atoms with Crippen LogP contribution in [0, 0.1) is 0 Å². The molecule has 0 radical (unpaired) electrons. The summed E-state index contributed by atoms with van der Waals surface area (Å²) in [6, 6.07) is 0.382. The first kappa shape index (κ1) is 17.4. The fourth-order valence-corrected chi connectivity index (χ4v) is 3.95. The van der Waals surface area contributed by atoms with Gasteiger partial charge in [0.1, 0.15) is 0 Å². The lowest BCUT2D eigenvalue weighted by molar-refractivity contribution is -0.138. The van der Waals surface area contributed by atoms with Crippen LogP contribution in [0.2, 0.25) is 0 Å². The lowest BCUT2D eigenvalue weighted by Gasteiger charge is -2.25. The normalized spacial score (nSPS) is 20.2. The minimum atomic E-state index is -0.741.